The van der Waals surface area contributed by atoms with Crippen LogP contribution in [-0.4, -0.2) is 30.5 Å². The topological polar surface area (TPSA) is 71.2 Å². The molecule has 1 heterocycles. The average Bonchev–Trinajstić information content (AvgIpc) is 2.78. The first-order valence-corrected chi connectivity index (χ1v) is 5.61. The number of hydrogen-bond donors (Lipinski definition) is 2. The van der Waals surface area contributed by atoms with Crippen LogP contribution in [0.3, 0.4) is 0 Å². The lowest BCUT2D eigenvalue weighted by Gasteiger charge is -2.01. The Morgan fingerprint density at radius 1 is 1.39 bits per heavy atom. The third-order valence-electron chi connectivity index (χ3n) is 2.45. The van der Waals surface area contributed by atoms with Crippen molar-refractivity contribution in [3.05, 3.63) is 35.0 Å². The number of H-pyrrole nitrogens is 1. The van der Waals surface area contributed by atoms with Crippen LogP contribution in [0.1, 0.15) is 10.5 Å². The van der Waals surface area contributed by atoms with Gasteiger partial charge in [-0.15, -0.1) is 0 Å². The lowest BCUT2D eigenvalue weighted by Crippen LogP contribution is -2.30. The standard InChI is InChI=1S/C12H11ClN2O3/c1-18-11(16)6-14-12(17)10-5-7-4-8(13)2-3-9(7)15-10/h2-5,15H,6H2,1H3,(H,14,17). The van der Waals surface area contributed by atoms with Gasteiger partial charge >= 0.3 is 5.97 Å². The van der Waals surface area contributed by atoms with E-state index in [2.05, 4.69) is 15.0 Å². The van der Waals surface area contributed by atoms with Crippen molar-refractivity contribution in [2.45, 2.75) is 0 Å². The van der Waals surface area contributed by atoms with Crippen molar-refractivity contribution in [1.29, 1.82) is 0 Å². The molecule has 1 aromatic heterocycles. The quantitative estimate of drug-likeness (QED) is 0.831. The van der Waals surface area contributed by atoms with Crippen LogP contribution in [0.4, 0.5) is 0 Å². The van der Waals surface area contributed by atoms with E-state index in [1.807, 2.05) is 0 Å². The first kappa shape index (κ1) is 12.4. The summed E-state index contributed by atoms with van der Waals surface area (Å²) in [5.41, 5.74) is 1.18. The summed E-state index contributed by atoms with van der Waals surface area (Å²) >= 11 is 5.85. The van der Waals surface area contributed by atoms with E-state index in [9.17, 15) is 9.59 Å². The Balaban J connectivity index is 2.15. The maximum Gasteiger partial charge on any atom is 0.325 e. The van der Waals surface area contributed by atoms with E-state index in [4.69, 9.17) is 11.6 Å². The predicted octanol–water partition coefficient (Wildman–Crippen LogP) is 1.72. The van der Waals surface area contributed by atoms with E-state index in [-0.39, 0.29) is 12.5 Å². The summed E-state index contributed by atoms with van der Waals surface area (Å²) in [7, 11) is 1.26. The molecule has 1 aromatic carbocycles. The molecular formula is C12H11ClN2O3. The smallest absolute Gasteiger partial charge is 0.325 e. The number of fused-ring (bicyclic) bond motifs is 1. The molecule has 18 heavy (non-hydrogen) atoms. The molecule has 0 aliphatic rings. The lowest BCUT2D eigenvalue weighted by molar-refractivity contribution is -0.139. The Hall–Kier alpha value is -2.01. The Bertz CT molecular complexity index is 606. The fourth-order valence-corrected chi connectivity index (χ4v) is 1.73. The molecule has 1 amide bonds. The van der Waals surface area contributed by atoms with E-state index >= 15 is 0 Å². The highest BCUT2D eigenvalue weighted by Crippen LogP contribution is 2.19. The number of carbonyl (C=O) groups is 2. The van der Waals surface area contributed by atoms with Crippen LogP contribution >= 0.6 is 11.6 Å². The summed E-state index contributed by atoms with van der Waals surface area (Å²) in [5.74, 6) is -0.866. The molecule has 0 aliphatic heterocycles. The molecule has 0 saturated heterocycles. The number of rotatable bonds is 3. The first-order chi connectivity index (χ1) is 8.60. The van der Waals surface area contributed by atoms with Crippen molar-refractivity contribution in [3.8, 4) is 0 Å². The Kier molecular flexibility index (Phi) is 3.53. The van der Waals surface area contributed by atoms with Crippen LogP contribution in [0.15, 0.2) is 24.3 Å². The molecular weight excluding hydrogens is 256 g/mol. The van der Waals surface area contributed by atoms with Crippen LogP contribution in [0, 0.1) is 0 Å². The summed E-state index contributed by atoms with van der Waals surface area (Å²) in [6, 6.07) is 6.95. The maximum atomic E-state index is 11.7. The second-order valence-electron chi connectivity index (χ2n) is 3.67. The van der Waals surface area contributed by atoms with Gasteiger partial charge in [0.25, 0.3) is 5.91 Å². The van der Waals surface area contributed by atoms with Crippen LogP contribution in [-0.2, 0) is 9.53 Å². The average molecular weight is 267 g/mol. The fourth-order valence-electron chi connectivity index (χ4n) is 1.55. The molecule has 0 atom stereocenters. The number of esters is 1. The van der Waals surface area contributed by atoms with Crippen LogP contribution in [0.2, 0.25) is 5.02 Å². The van der Waals surface area contributed by atoms with Gasteiger partial charge in [-0.2, -0.15) is 0 Å². The minimum absolute atomic E-state index is 0.161. The number of carbonyl (C=O) groups excluding carboxylic acids is 2. The van der Waals surface area contributed by atoms with E-state index in [1.54, 1.807) is 24.3 Å². The second kappa shape index (κ2) is 5.10. The minimum atomic E-state index is -0.498. The molecule has 94 valence electrons. The first-order valence-electron chi connectivity index (χ1n) is 5.23. The number of nitrogens with one attached hydrogen (secondary N) is 2. The van der Waals surface area contributed by atoms with Crippen molar-refractivity contribution >= 4 is 34.4 Å². The zero-order valence-corrected chi connectivity index (χ0v) is 10.4. The number of methoxy groups -OCH3 is 1. The third kappa shape index (κ3) is 2.62. The molecule has 0 aliphatic carbocycles. The Morgan fingerprint density at radius 2 is 2.17 bits per heavy atom. The van der Waals surface area contributed by atoms with E-state index in [0.717, 1.165) is 10.9 Å². The molecule has 6 heteroatoms. The number of benzene rings is 1. The molecule has 2 rings (SSSR count). The van der Waals surface area contributed by atoms with Crippen LogP contribution in [0.5, 0.6) is 0 Å². The van der Waals surface area contributed by atoms with Gasteiger partial charge in [-0.3, -0.25) is 9.59 Å². The highest BCUT2D eigenvalue weighted by Gasteiger charge is 2.11. The molecule has 0 spiro atoms. The summed E-state index contributed by atoms with van der Waals surface area (Å²) in [4.78, 5) is 25.6. The maximum absolute atomic E-state index is 11.7. The second-order valence-corrected chi connectivity index (χ2v) is 4.11. The highest BCUT2D eigenvalue weighted by molar-refractivity contribution is 6.31. The number of ether oxygens (including phenoxy) is 1. The number of aromatic nitrogens is 1. The number of hydrogen-bond acceptors (Lipinski definition) is 3. The van der Waals surface area contributed by atoms with Gasteiger partial charge in [0.1, 0.15) is 12.2 Å². The van der Waals surface area contributed by atoms with Crippen molar-refractivity contribution in [3.63, 3.8) is 0 Å². The predicted molar refractivity (Wildman–Crippen MR) is 67.7 cm³/mol. The molecule has 0 bridgehead atoms. The van der Waals surface area contributed by atoms with Gasteiger partial charge in [0.2, 0.25) is 0 Å². The number of halogens is 1. The SMILES string of the molecule is COC(=O)CNC(=O)c1cc2cc(Cl)ccc2[nH]1. The fraction of sp³-hybridized carbons (Fsp3) is 0.167. The highest BCUT2D eigenvalue weighted by atomic mass is 35.5. The van der Waals surface area contributed by atoms with E-state index in [1.165, 1.54) is 7.11 Å². The van der Waals surface area contributed by atoms with Gasteiger partial charge in [0, 0.05) is 15.9 Å². The number of amides is 1. The summed E-state index contributed by atoms with van der Waals surface area (Å²) in [6.45, 7) is -0.161. The molecule has 0 fully saturated rings. The zero-order chi connectivity index (χ0) is 13.1. The normalized spacial score (nSPS) is 10.3. The zero-order valence-electron chi connectivity index (χ0n) is 9.62. The van der Waals surface area contributed by atoms with Crippen molar-refractivity contribution < 1.29 is 14.3 Å². The van der Waals surface area contributed by atoms with Crippen LogP contribution < -0.4 is 5.32 Å². The van der Waals surface area contributed by atoms with Gasteiger partial charge in [-0.05, 0) is 24.3 Å². The number of aromatic amines is 1. The largest absolute Gasteiger partial charge is 0.468 e. The summed E-state index contributed by atoms with van der Waals surface area (Å²) in [6.07, 6.45) is 0. The molecule has 0 saturated carbocycles. The molecule has 5 nitrogen and oxygen atoms in total. The van der Waals surface area contributed by atoms with Gasteiger partial charge in [0.15, 0.2) is 0 Å². The van der Waals surface area contributed by atoms with Crippen molar-refractivity contribution in [2.75, 3.05) is 13.7 Å². The third-order valence-corrected chi connectivity index (χ3v) is 2.68. The summed E-state index contributed by atoms with van der Waals surface area (Å²) in [5, 5.41) is 3.89. The molecule has 2 N–H and O–H groups in total. The monoisotopic (exact) mass is 266 g/mol. The van der Waals surface area contributed by atoms with Gasteiger partial charge in [-0.1, -0.05) is 11.6 Å². The summed E-state index contributed by atoms with van der Waals surface area (Å²) < 4.78 is 4.43. The van der Waals surface area contributed by atoms with Gasteiger partial charge in [0.05, 0.1) is 7.11 Å². The van der Waals surface area contributed by atoms with E-state index < -0.39 is 5.97 Å². The Labute approximate surface area is 108 Å². The minimum Gasteiger partial charge on any atom is -0.468 e. The molecule has 0 radical (unpaired) electrons. The molecule has 2 aromatic rings. The lowest BCUT2D eigenvalue weighted by atomic mass is 10.2. The molecule has 0 unspecified atom stereocenters. The van der Waals surface area contributed by atoms with Crippen molar-refractivity contribution in [1.82, 2.24) is 10.3 Å². The van der Waals surface area contributed by atoms with Gasteiger partial charge < -0.3 is 15.0 Å². The Morgan fingerprint density at radius 3 is 2.89 bits per heavy atom. The van der Waals surface area contributed by atoms with Gasteiger partial charge in [-0.25, -0.2) is 0 Å². The van der Waals surface area contributed by atoms with Crippen LogP contribution in [0.25, 0.3) is 10.9 Å². The van der Waals surface area contributed by atoms with E-state index in [0.29, 0.717) is 10.7 Å². The van der Waals surface area contributed by atoms with Crippen molar-refractivity contribution in [2.24, 2.45) is 0 Å².